The molecule has 0 nitrogen and oxygen atoms in total. The van der Waals surface area contributed by atoms with E-state index in [1.165, 1.54) is 37.4 Å². The Morgan fingerprint density at radius 1 is 1.29 bits per heavy atom. The summed E-state index contributed by atoms with van der Waals surface area (Å²) in [7, 11) is 0. The minimum absolute atomic E-state index is 0.609. The molecule has 2 aliphatic rings. The van der Waals surface area contributed by atoms with Gasteiger partial charge in [0.25, 0.3) is 0 Å². The van der Waals surface area contributed by atoms with Gasteiger partial charge in [-0.2, -0.15) is 0 Å². The number of alkyl halides is 1. The zero-order valence-corrected chi connectivity index (χ0v) is 11.4. The largest absolute Gasteiger partial charge is 0.0925 e. The Morgan fingerprint density at radius 3 is 2.50 bits per heavy atom. The summed E-state index contributed by atoms with van der Waals surface area (Å²) in [4.78, 5) is 0. The Balaban J connectivity index is 2.22. The van der Waals surface area contributed by atoms with Crippen LogP contribution in [-0.4, -0.2) is 5.33 Å². The predicted molar refractivity (Wildman–Crippen MR) is 65.7 cm³/mol. The topological polar surface area (TPSA) is 0 Å². The van der Waals surface area contributed by atoms with Gasteiger partial charge in [-0.3, -0.25) is 0 Å². The summed E-state index contributed by atoms with van der Waals surface area (Å²) >= 11 is 3.72. The average molecular weight is 259 g/mol. The van der Waals surface area contributed by atoms with Crippen molar-refractivity contribution < 1.29 is 0 Å². The number of hydrogen-bond acceptors (Lipinski definition) is 0. The second kappa shape index (κ2) is 3.50. The van der Waals surface area contributed by atoms with Gasteiger partial charge in [-0.1, -0.05) is 56.0 Å². The van der Waals surface area contributed by atoms with Crippen LogP contribution in [0.5, 0.6) is 0 Å². The quantitative estimate of drug-likeness (QED) is 0.634. The first kappa shape index (κ1) is 11.0. The van der Waals surface area contributed by atoms with Crippen LogP contribution in [-0.2, 0) is 0 Å². The molecule has 3 unspecified atom stereocenters. The minimum atomic E-state index is 0.609. The standard InChI is InChI=1S/C13H23Br/c1-4-10-7-5-6-8-13(10)11(9-14)12(13,2)3/h10-11H,4-9H2,1-3H3. The van der Waals surface area contributed by atoms with Crippen LogP contribution in [0.3, 0.4) is 0 Å². The third-order valence-electron chi connectivity index (χ3n) is 5.38. The highest BCUT2D eigenvalue weighted by molar-refractivity contribution is 9.09. The van der Waals surface area contributed by atoms with Crippen LogP contribution in [0.1, 0.15) is 52.9 Å². The van der Waals surface area contributed by atoms with Crippen molar-refractivity contribution in [2.45, 2.75) is 52.9 Å². The van der Waals surface area contributed by atoms with E-state index in [-0.39, 0.29) is 0 Å². The molecule has 0 aromatic rings. The van der Waals surface area contributed by atoms with Gasteiger partial charge in [0.2, 0.25) is 0 Å². The van der Waals surface area contributed by atoms with E-state index in [4.69, 9.17) is 0 Å². The van der Waals surface area contributed by atoms with E-state index >= 15 is 0 Å². The molecule has 0 bridgehead atoms. The van der Waals surface area contributed by atoms with Crippen LogP contribution in [0, 0.1) is 22.7 Å². The number of rotatable bonds is 2. The third-order valence-corrected chi connectivity index (χ3v) is 6.03. The molecule has 0 aliphatic heterocycles. The van der Waals surface area contributed by atoms with Crippen molar-refractivity contribution in [2.24, 2.45) is 22.7 Å². The lowest BCUT2D eigenvalue weighted by Crippen LogP contribution is -2.25. The number of halogens is 1. The Morgan fingerprint density at radius 2 is 2.00 bits per heavy atom. The van der Waals surface area contributed by atoms with Gasteiger partial charge in [0.1, 0.15) is 0 Å². The fraction of sp³-hybridized carbons (Fsp3) is 1.00. The highest BCUT2D eigenvalue weighted by Gasteiger charge is 2.71. The molecule has 0 aromatic heterocycles. The summed E-state index contributed by atoms with van der Waals surface area (Å²) in [6, 6.07) is 0. The second-order valence-electron chi connectivity index (χ2n) is 5.82. The lowest BCUT2D eigenvalue weighted by atomic mass is 9.70. The molecule has 14 heavy (non-hydrogen) atoms. The van der Waals surface area contributed by atoms with Crippen molar-refractivity contribution in [2.75, 3.05) is 5.33 Å². The summed E-state index contributed by atoms with van der Waals surface area (Å²) in [6.07, 6.45) is 7.33. The molecule has 0 heterocycles. The van der Waals surface area contributed by atoms with E-state index in [1.807, 2.05) is 0 Å². The fourth-order valence-corrected chi connectivity index (χ4v) is 5.86. The van der Waals surface area contributed by atoms with Gasteiger partial charge < -0.3 is 0 Å². The fourth-order valence-electron chi connectivity index (χ4n) is 4.48. The summed E-state index contributed by atoms with van der Waals surface area (Å²) in [5.74, 6) is 1.95. The molecule has 2 fully saturated rings. The highest BCUT2D eigenvalue weighted by Crippen LogP contribution is 2.77. The number of hydrogen-bond donors (Lipinski definition) is 0. The van der Waals surface area contributed by atoms with Gasteiger partial charge in [0, 0.05) is 5.33 Å². The molecule has 0 amide bonds. The van der Waals surface area contributed by atoms with Crippen molar-refractivity contribution in [1.82, 2.24) is 0 Å². The Kier molecular flexibility index (Phi) is 2.75. The molecular formula is C13H23Br. The molecule has 1 spiro atoms. The van der Waals surface area contributed by atoms with Gasteiger partial charge in [-0.25, -0.2) is 0 Å². The third kappa shape index (κ3) is 1.17. The minimum Gasteiger partial charge on any atom is -0.0925 e. The van der Waals surface area contributed by atoms with Crippen LogP contribution >= 0.6 is 15.9 Å². The highest BCUT2D eigenvalue weighted by atomic mass is 79.9. The molecule has 3 atom stereocenters. The normalized spacial score (nSPS) is 45.4. The van der Waals surface area contributed by atoms with Crippen molar-refractivity contribution in [3.8, 4) is 0 Å². The van der Waals surface area contributed by atoms with E-state index < -0.39 is 0 Å². The van der Waals surface area contributed by atoms with Crippen LogP contribution < -0.4 is 0 Å². The monoisotopic (exact) mass is 258 g/mol. The Hall–Kier alpha value is 0.480. The van der Waals surface area contributed by atoms with Crippen molar-refractivity contribution in [1.29, 1.82) is 0 Å². The van der Waals surface area contributed by atoms with Crippen LogP contribution in [0.4, 0.5) is 0 Å². The zero-order chi connectivity index (χ0) is 10.4. The summed E-state index contributed by atoms with van der Waals surface area (Å²) < 4.78 is 0. The average Bonchev–Trinajstić information content (AvgIpc) is 2.63. The van der Waals surface area contributed by atoms with Gasteiger partial charge in [0.15, 0.2) is 0 Å². The van der Waals surface area contributed by atoms with Gasteiger partial charge in [0.05, 0.1) is 0 Å². The van der Waals surface area contributed by atoms with E-state index in [0.717, 1.165) is 11.8 Å². The maximum absolute atomic E-state index is 3.72. The van der Waals surface area contributed by atoms with Crippen molar-refractivity contribution in [3.63, 3.8) is 0 Å². The second-order valence-corrected chi connectivity index (χ2v) is 6.47. The first-order chi connectivity index (χ1) is 6.61. The summed E-state index contributed by atoms with van der Waals surface area (Å²) in [5, 5.41) is 1.22. The Bertz CT molecular complexity index is 221. The molecule has 2 rings (SSSR count). The summed E-state index contributed by atoms with van der Waals surface area (Å²) in [5.41, 5.74) is 1.32. The molecule has 2 aliphatic carbocycles. The van der Waals surface area contributed by atoms with E-state index in [1.54, 1.807) is 0 Å². The first-order valence-corrected chi connectivity index (χ1v) is 7.29. The van der Waals surface area contributed by atoms with E-state index in [2.05, 4.69) is 36.7 Å². The van der Waals surface area contributed by atoms with Crippen LogP contribution in [0.15, 0.2) is 0 Å². The molecule has 0 N–H and O–H groups in total. The lowest BCUT2D eigenvalue weighted by molar-refractivity contribution is 0.156. The van der Waals surface area contributed by atoms with Crippen LogP contribution in [0.25, 0.3) is 0 Å². The van der Waals surface area contributed by atoms with Gasteiger partial charge in [-0.05, 0) is 35.5 Å². The molecule has 82 valence electrons. The molecule has 2 saturated carbocycles. The van der Waals surface area contributed by atoms with Crippen molar-refractivity contribution in [3.05, 3.63) is 0 Å². The predicted octanol–water partition coefficient (Wildman–Crippen LogP) is 4.62. The molecular weight excluding hydrogens is 236 g/mol. The van der Waals surface area contributed by atoms with Gasteiger partial charge >= 0.3 is 0 Å². The van der Waals surface area contributed by atoms with Crippen LogP contribution in [0.2, 0.25) is 0 Å². The lowest BCUT2D eigenvalue weighted by Gasteiger charge is -2.34. The maximum atomic E-state index is 3.72. The maximum Gasteiger partial charge on any atom is 0.00706 e. The molecule has 0 aromatic carbocycles. The van der Waals surface area contributed by atoms with E-state index in [0.29, 0.717) is 10.8 Å². The molecule has 0 saturated heterocycles. The SMILES string of the molecule is CCC1CCCCC12C(CBr)C2(C)C. The summed E-state index contributed by atoms with van der Waals surface area (Å²) in [6.45, 7) is 7.37. The van der Waals surface area contributed by atoms with Gasteiger partial charge in [-0.15, -0.1) is 0 Å². The molecule has 0 radical (unpaired) electrons. The van der Waals surface area contributed by atoms with Crippen molar-refractivity contribution >= 4 is 15.9 Å². The van der Waals surface area contributed by atoms with E-state index in [9.17, 15) is 0 Å². The smallest absolute Gasteiger partial charge is 0.00706 e. The molecule has 1 heteroatoms. The first-order valence-electron chi connectivity index (χ1n) is 6.17. The Labute approximate surface area is 97.0 Å². The zero-order valence-electron chi connectivity index (χ0n) is 9.78.